The Labute approximate surface area is 163 Å². The van der Waals surface area contributed by atoms with Crippen molar-refractivity contribution in [2.45, 2.75) is 31.8 Å². The predicted molar refractivity (Wildman–Crippen MR) is 108 cm³/mol. The number of aromatic nitrogens is 3. The highest BCUT2D eigenvalue weighted by Crippen LogP contribution is 2.17. The number of amides is 1. The molecule has 1 aliphatic rings. The second-order valence-corrected chi connectivity index (χ2v) is 7.25. The molecule has 1 aromatic carbocycles. The van der Waals surface area contributed by atoms with Gasteiger partial charge in [-0.15, -0.1) is 0 Å². The van der Waals surface area contributed by atoms with Crippen molar-refractivity contribution in [3.05, 3.63) is 64.7 Å². The molecule has 2 N–H and O–H groups in total. The number of nitrogens with one attached hydrogen (secondary N) is 2. The Bertz CT molecular complexity index is 976. The number of H-pyrrole nitrogens is 1. The van der Waals surface area contributed by atoms with Gasteiger partial charge < -0.3 is 10.3 Å². The van der Waals surface area contributed by atoms with Gasteiger partial charge in [-0.1, -0.05) is 24.6 Å². The fourth-order valence-corrected chi connectivity index (χ4v) is 3.87. The Kier molecular flexibility index (Phi) is 5.53. The number of hydrogen-bond donors (Lipinski definition) is 2. The zero-order valence-electron chi connectivity index (χ0n) is 15.8. The lowest BCUT2D eigenvalue weighted by Gasteiger charge is -2.35. The van der Waals surface area contributed by atoms with E-state index in [1.165, 1.54) is 10.7 Å². The Balaban J connectivity index is 1.36. The number of aromatic amines is 1. The van der Waals surface area contributed by atoms with Crippen LogP contribution in [0.4, 0.5) is 0 Å². The second kappa shape index (κ2) is 8.39. The van der Waals surface area contributed by atoms with Crippen LogP contribution in [-0.2, 0) is 6.54 Å². The zero-order valence-corrected chi connectivity index (χ0v) is 15.8. The number of nitrogens with zero attached hydrogens (tertiary/aromatic N) is 3. The van der Waals surface area contributed by atoms with Gasteiger partial charge in [-0.25, -0.2) is 4.68 Å². The molecular formula is C21H25N5O2. The average Bonchev–Trinajstić information content (AvgIpc) is 3.16. The highest BCUT2D eigenvalue weighted by molar-refractivity contribution is 5.97. The molecule has 1 atom stereocenters. The number of carbonyl (C=O) groups excluding carboxylic acids is 1. The lowest BCUT2D eigenvalue weighted by molar-refractivity contribution is 0.0905. The number of piperidine rings is 1. The molecule has 4 rings (SSSR count). The molecule has 0 spiro atoms. The number of carbonyl (C=O) groups is 1. The summed E-state index contributed by atoms with van der Waals surface area (Å²) in [5.41, 5.74) is 1.47. The monoisotopic (exact) mass is 379 g/mol. The van der Waals surface area contributed by atoms with Gasteiger partial charge in [0.1, 0.15) is 5.69 Å². The summed E-state index contributed by atoms with van der Waals surface area (Å²) in [6.07, 6.45) is 4.98. The molecule has 1 aliphatic heterocycles. The van der Waals surface area contributed by atoms with E-state index in [0.29, 0.717) is 18.8 Å². The second-order valence-electron chi connectivity index (χ2n) is 7.25. The zero-order chi connectivity index (χ0) is 19.3. The van der Waals surface area contributed by atoms with Crippen LogP contribution in [-0.4, -0.2) is 51.2 Å². The summed E-state index contributed by atoms with van der Waals surface area (Å²) in [5, 5.41) is 8.23. The van der Waals surface area contributed by atoms with Gasteiger partial charge in [-0.05, 0) is 37.6 Å². The van der Waals surface area contributed by atoms with Crippen molar-refractivity contribution in [3.8, 4) is 0 Å². The van der Waals surface area contributed by atoms with E-state index in [-0.39, 0.29) is 17.5 Å². The molecule has 7 nitrogen and oxygen atoms in total. The third-order valence-corrected chi connectivity index (χ3v) is 5.41. The molecule has 1 saturated heterocycles. The Hall–Kier alpha value is -2.93. The van der Waals surface area contributed by atoms with E-state index in [4.69, 9.17) is 0 Å². The van der Waals surface area contributed by atoms with Gasteiger partial charge in [0, 0.05) is 42.3 Å². The molecule has 0 saturated carbocycles. The van der Waals surface area contributed by atoms with Crippen LogP contribution in [0.3, 0.4) is 0 Å². The van der Waals surface area contributed by atoms with Gasteiger partial charge in [0.2, 0.25) is 0 Å². The third kappa shape index (κ3) is 4.14. The Morgan fingerprint density at radius 2 is 2.07 bits per heavy atom. The lowest BCUT2D eigenvalue weighted by atomic mass is 10.0. The topological polar surface area (TPSA) is 83.0 Å². The lowest BCUT2D eigenvalue weighted by Crippen LogP contribution is -2.48. The van der Waals surface area contributed by atoms with Gasteiger partial charge in [0.05, 0.1) is 6.54 Å². The Morgan fingerprint density at radius 3 is 2.93 bits per heavy atom. The standard InChI is InChI=1S/C21H25N5O2/c27-20-9-5-10-23-26(20)13-12-25-11-4-3-7-17(25)15-22-21(28)19-14-16-6-1-2-8-18(16)24-19/h1-2,5-6,8-10,14,17,24H,3-4,7,11-13,15H2,(H,22,28). The average molecular weight is 379 g/mol. The number of benzene rings is 1. The minimum atomic E-state index is -0.0809. The molecular weight excluding hydrogens is 354 g/mol. The molecule has 1 amide bonds. The van der Waals surface area contributed by atoms with Crippen molar-refractivity contribution in [2.75, 3.05) is 19.6 Å². The van der Waals surface area contributed by atoms with Crippen LogP contribution in [0.5, 0.6) is 0 Å². The molecule has 7 heteroatoms. The fraction of sp³-hybridized carbons (Fsp3) is 0.381. The normalized spacial score (nSPS) is 17.6. The summed E-state index contributed by atoms with van der Waals surface area (Å²) >= 11 is 0. The summed E-state index contributed by atoms with van der Waals surface area (Å²) in [7, 11) is 0. The van der Waals surface area contributed by atoms with Crippen LogP contribution in [0, 0.1) is 0 Å². The van der Waals surface area contributed by atoms with E-state index in [2.05, 4.69) is 20.3 Å². The smallest absolute Gasteiger partial charge is 0.267 e. The molecule has 1 unspecified atom stereocenters. The van der Waals surface area contributed by atoms with Crippen molar-refractivity contribution in [1.29, 1.82) is 0 Å². The molecule has 146 valence electrons. The van der Waals surface area contributed by atoms with Crippen LogP contribution >= 0.6 is 0 Å². The van der Waals surface area contributed by atoms with E-state index in [9.17, 15) is 9.59 Å². The van der Waals surface area contributed by atoms with Crippen LogP contribution in [0.2, 0.25) is 0 Å². The maximum Gasteiger partial charge on any atom is 0.267 e. The maximum atomic E-state index is 12.6. The molecule has 1 fully saturated rings. The highest BCUT2D eigenvalue weighted by atomic mass is 16.2. The molecule has 28 heavy (non-hydrogen) atoms. The van der Waals surface area contributed by atoms with Gasteiger partial charge in [0.15, 0.2) is 0 Å². The first-order valence-electron chi connectivity index (χ1n) is 9.83. The third-order valence-electron chi connectivity index (χ3n) is 5.41. The van der Waals surface area contributed by atoms with Gasteiger partial charge >= 0.3 is 0 Å². The molecule has 0 aliphatic carbocycles. The summed E-state index contributed by atoms with van der Waals surface area (Å²) in [6, 6.07) is 13.2. The minimum Gasteiger partial charge on any atom is -0.351 e. The first kappa shape index (κ1) is 18.4. The van der Waals surface area contributed by atoms with E-state index in [1.54, 1.807) is 12.3 Å². The van der Waals surface area contributed by atoms with E-state index in [0.717, 1.165) is 43.3 Å². The molecule has 0 radical (unpaired) electrons. The van der Waals surface area contributed by atoms with Crippen LogP contribution < -0.4 is 10.9 Å². The number of hydrogen-bond acceptors (Lipinski definition) is 4. The quantitative estimate of drug-likeness (QED) is 0.686. The predicted octanol–water partition coefficient (Wildman–Crippen LogP) is 2.01. The SMILES string of the molecule is O=C(NCC1CCCCN1CCn1ncccc1=O)c1cc2ccccc2[nH]1. The van der Waals surface area contributed by atoms with E-state index < -0.39 is 0 Å². The van der Waals surface area contributed by atoms with Crippen molar-refractivity contribution < 1.29 is 4.79 Å². The highest BCUT2D eigenvalue weighted by Gasteiger charge is 2.23. The van der Waals surface area contributed by atoms with Crippen LogP contribution in [0.25, 0.3) is 10.9 Å². The summed E-state index contributed by atoms with van der Waals surface area (Å²) in [5.74, 6) is -0.0809. The minimum absolute atomic E-state index is 0.0804. The van der Waals surface area contributed by atoms with Crippen LogP contribution in [0.1, 0.15) is 29.8 Å². The number of fused-ring (bicyclic) bond motifs is 1. The number of rotatable bonds is 6. The summed E-state index contributed by atoms with van der Waals surface area (Å²) in [4.78, 5) is 29.9. The summed E-state index contributed by atoms with van der Waals surface area (Å²) < 4.78 is 1.49. The Morgan fingerprint density at radius 1 is 1.18 bits per heavy atom. The largest absolute Gasteiger partial charge is 0.351 e. The molecule has 2 aromatic heterocycles. The molecule has 3 heterocycles. The first-order chi connectivity index (χ1) is 13.7. The van der Waals surface area contributed by atoms with Gasteiger partial charge in [0.25, 0.3) is 11.5 Å². The summed E-state index contributed by atoms with van der Waals surface area (Å²) in [6.45, 7) is 2.90. The number of likely N-dealkylation sites (tertiary alicyclic amines) is 1. The van der Waals surface area contributed by atoms with Crippen LogP contribution in [0.15, 0.2) is 53.5 Å². The molecule has 3 aromatic rings. The van der Waals surface area contributed by atoms with Crippen molar-refractivity contribution in [3.63, 3.8) is 0 Å². The van der Waals surface area contributed by atoms with Gasteiger partial charge in [-0.3, -0.25) is 14.5 Å². The van der Waals surface area contributed by atoms with E-state index >= 15 is 0 Å². The fourth-order valence-electron chi connectivity index (χ4n) is 3.87. The van der Waals surface area contributed by atoms with E-state index in [1.807, 2.05) is 30.3 Å². The van der Waals surface area contributed by atoms with Crippen molar-refractivity contribution in [2.24, 2.45) is 0 Å². The number of para-hydroxylation sites is 1. The molecule has 0 bridgehead atoms. The maximum absolute atomic E-state index is 12.6. The van der Waals surface area contributed by atoms with Gasteiger partial charge in [-0.2, -0.15) is 5.10 Å². The van der Waals surface area contributed by atoms with Crippen molar-refractivity contribution >= 4 is 16.8 Å². The van der Waals surface area contributed by atoms with Crippen molar-refractivity contribution in [1.82, 2.24) is 25.0 Å². The first-order valence-corrected chi connectivity index (χ1v) is 9.83.